The van der Waals surface area contributed by atoms with Crippen LogP contribution in [0.4, 0.5) is 0 Å². The molecule has 2 nitrogen and oxygen atoms in total. The summed E-state index contributed by atoms with van der Waals surface area (Å²) in [6, 6.07) is 0. The lowest BCUT2D eigenvalue weighted by Gasteiger charge is -2.41. The minimum atomic E-state index is 0.668. The minimum Gasteiger partial charge on any atom is -0.330 e. The molecule has 0 aromatic heterocycles. The molecule has 0 amide bonds. The molecule has 0 saturated heterocycles. The van der Waals surface area contributed by atoms with Gasteiger partial charge >= 0.3 is 0 Å². The van der Waals surface area contributed by atoms with E-state index >= 15 is 0 Å². The van der Waals surface area contributed by atoms with Crippen LogP contribution in [0.2, 0.25) is 0 Å². The molecule has 0 aliphatic heterocycles. The fourth-order valence-electron chi connectivity index (χ4n) is 2.99. The third-order valence-electron chi connectivity index (χ3n) is 4.78. The van der Waals surface area contributed by atoms with Gasteiger partial charge in [0.15, 0.2) is 0 Å². The van der Waals surface area contributed by atoms with Crippen molar-refractivity contribution in [3.8, 4) is 0 Å². The van der Waals surface area contributed by atoms with E-state index in [0.717, 1.165) is 12.5 Å². The summed E-state index contributed by atoms with van der Waals surface area (Å²) in [6.07, 6.45) is 10.8. The largest absolute Gasteiger partial charge is 0.330 e. The van der Waals surface area contributed by atoms with Gasteiger partial charge in [0.25, 0.3) is 0 Å². The Labute approximate surface area is 108 Å². The minimum absolute atomic E-state index is 0.668. The second-order valence-corrected chi connectivity index (χ2v) is 5.88. The van der Waals surface area contributed by atoms with Crippen molar-refractivity contribution in [2.45, 2.75) is 65.2 Å². The summed E-state index contributed by atoms with van der Waals surface area (Å²) < 4.78 is 0. The first kappa shape index (κ1) is 15.0. The van der Waals surface area contributed by atoms with Gasteiger partial charge < -0.3 is 11.1 Å². The first-order chi connectivity index (χ1) is 8.26. The Morgan fingerprint density at radius 3 is 2.47 bits per heavy atom. The zero-order valence-electron chi connectivity index (χ0n) is 11.9. The van der Waals surface area contributed by atoms with E-state index < -0.39 is 0 Å². The molecule has 17 heavy (non-hydrogen) atoms. The summed E-state index contributed by atoms with van der Waals surface area (Å²) in [6.45, 7) is 7.92. The van der Waals surface area contributed by atoms with E-state index in [4.69, 9.17) is 5.73 Å². The van der Waals surface area contributed by atoms with E-state index in [1.807, 2.05) is 0 Å². The molecule has 1 aliphatic carbocycles. The lowest BCUT2D eigenvalue weighted by molar-refractivity contribution is 0.124. The Morgan fingerprint density at radius 1 is 1.24 bits per heavy atom. The Bertz CT molecular complexity index is 182. The molecule has 0 aromatic rings. The highest BCUT2D eigenvalue weighted by Crippen LogP contribution is 2.42. The van der Waals surface area contributed by atoms with Gasteiger partial charge in [0, 0.05) is 6.54 Å². The van der Waals surface area contributed by atoms with Gasteiger partial charge in [-0.25, -0.2) is 0 Å². The zero-order chi connectivity index (χ0) is 12.6. The molecule has 3 N–H and O–H groups in total. The van der Waals surface area contributed by atoms with Crippen molar-refractivity contribution in [3.05, 3.63) is 0 Å². The van der Waals surface area contributed by atoms with Crippen molar-refractivity contribution >= 4 is 0 Å². The number of hydrogen-bond donors (Lipinski definition) is 2. The molecule has 0 bridgehead atoms. The maximum Gasteiger partial charge on any atom is 0.000770 e. The van der Waals surface area contributed by atoms with Gasteiger partial charge in [0.1, 0.15) is 0 Å². The average Bonchev–Trinajstić information content (AvgIpc) is 2.30. The van der Waals surface area contributed by atoms with Gasteiger partial charge in [0.05, 0.1) is 0 Å². The smallest absolute Gasteiger partial charge is 0.000770 e. The quantitative estimate of drug-likeness (QED) is 0.575. The van der Waals surface area contributed by atoms with Crippen molar-refractivity contribution < 1.29 is 0 Å². The highest BCUT2D eigenvalue weighted by Gasteiger charge is 2.34. The fraction of sp³-hybridized carbons (Fsp3) is 1.00. The van der Waals surface area contributed by atoms with Crippen LogP contribution in [0.1, 0.15) is 65.2 Å². The van der Waals surface area contributed by atoms with Crippen molar-refractivity contribution in [2.24, 2.45) is 17.1 Å². The van der Waals surface area contributed by atoms with Crippen LogP contribution in [0.5, 0.6) is 0 Å². The van der Waals surface area contributed by atoms with E-state index in [9.17, 15) is 0 Å². The summed E-state index contributed by atoms with van der Waals surface area (Å²) in [7, 11) is 0. The predicted octanol–water partition coefficient (Wildman–Crippen LogP) is 3.31. The Kier molecular flexibility index (Phi) is 7.14. The maximum absolute atomic E-state index is 5.62. The molecule has 1 unspecified atom stereocenters. The van der Waals surface area contributed by atoms with Crippen LogP contribution in [-0.2, 0) is 0 Å². The molecular weight excluding hydrogens is 208 g/mol. The van der Waals surface area contributed by atoms with Crippen molar-refractivity contribution in [1.29, 1.82) is 0 Å². The molecular formula is C15H32N2. The lowest BCUT2D eigenvalue weighted by atomic mass is 9.67. The summed E-state index contributed by atoms with van der Waals surface area (Å²) in [5.41, 5.74) is 6.29. The molecule has 0 radical (unpaired) electrons. The molecule has 1 rings (SSSR count). The third kappa shape index (κ3) is 4.97. The van der Waals surface area contributed by atoms with Gasteiger partial charge in [0.2, 0.25) is 0 Å². The summed E-state index contributed by atoms with van der Waals surface area (Å²) in [5, 5.41) is 3.67. The number of rotatable bonds is 10. The van der Waals surface area contributed by atoms with Crippen LogP contribution in [0, 0.1) is 11.3 Å². The Balaban J connectivity index is 2.00. The van der Waals surface area contributed by atoms with Crippen molar-refractivity contribution in [3.63, 3.8) is 0 Å². The van der Waals surface area contributed by atoms with Crippen LogP contribution in [0.3, 0.4) is 0 Å². The number of nitrogens with one attached hydrogen (secondary N) is 1. The second kappa shape index (κ2) is 8.10. The van der Waals surface area contributed by atoms with Gasteiger partial charge in [-0.3, -0.25) is 0 Å². The van der Waals surface area contributed by atoms with Crippen LogP contribution >= 0.6 is 0 Å². The van der Waals surface area contributed by atoms with Gasteiger partial charge in [-0.05, 0) is 62.9 Å². The predicted molar refractivity (Wildman–Crippen MR) is 76.1 cm³/mol. The van der Waals surface area contributed by atoms with Crippen LogP contribution in [-0.4, -0.2) is 19.6 Å². The Hall–Kier alpha value is -0.0800. The molecule has 0 heterocycles. The van der Waals surface area contributed by atoms with Crippen LogP contribution in [0.25, 0.3) is 0 Å². The van der Waals surface area contributed by atoms with E-state index in [1.54, 1.807) is 0 Å². The number of hydrogen-bond acceptors (Lipinski definition) is 2. The number of nitrogens with two attached hydrogens (primary N) is 1. The SMILES string of the molecule is CCC(CCN)CCCNCC1(CC)CCC1. The summed E-state index contributed by atoms with van der Waals surface area (Å²) in [4.78, 5) is 0. The molecule has 102 valence electrons. The average molecular weight is 240 g/mol. The van der Waals surface area contributed by atoms with E-state index in [1.165, 1.54) is 64.5 Å². The van der Waals surface area contributed by atoms with Gasteiger partial charge in [-0.1, -0.05) is 26.7 Å². The monoisotopic (exact) mass is 240 g/mol. The highest BCUT2D eigenvalue weighted by atomic mass is 14.9. The summed E-state index contributed by atoms with van der Waals surface area (Å²) in [5.74, 6) is 0.852. The first-order valence-electron chi connectivity index (χ1n) is 7.67. The standard InChI is InChI=1S/C15H32N2/c1-3-14(8-11-16)7-5-12-17-13-15(4-2)9-6-10-15/h14,17H,3-13,16H2,1-2H3. The van der Waals surface area contributed by atoms with Crippen LogP contribution in [0.15, 0.2) is 0 Å². The highest BCUT2D eigenvalue weighted by molar-refractivity contribution is 4.88. The van der Waals surface area contributed by atoms with E-state index in [-0.39, 0.29) is 0 Å². The fourth-order valence-corrected chi connectivity index (χ4v) is 2.99. The molecule has 1 fully saturated rings. The van der Waals surface area contributed by atoms with E-state index in [0.29, 0.717) is 5.41 Å². The molecule has 1 saturated carbocycles. The van der Waals surface area contributed by atoms with Gasteiger partial charge in [-0.15, -0.1) is 0 Å². The normalized spacial score (nSPS) is 19.9. The second-order valence-electron chi connectivity index (χ2n) is 5.88. The van der Waals surface area contributed by atoms with Gasteiger partial charge in [-0.2, -0.15) is 0 Å². The van der Waals surface area contributed by atoms with Crippen molar-refractivity contribution in [1.82, 2.24) is 5.32 Å². The molecule has 1 atom stereocenters. The van der Waals surface area contributed by atoms with Crippen molar-refractivity contribution in [2.75, 3.05) is 19.6 Å². The molecule has 0 spiro atoms. The topological polar surface area (TPSA) is 38.0 Å². The molecule has 0 aromatic carbocycles. The first-order valence-corrected chi connectivity index (χ1v) is 7.67. The third-order valence-corrected chi connectivity index (χ3v) is 4.78. The zero-order valence-corrected chi connectivity index (χ0v) is 11.9. The maximum atomic E-state index is 5.62. The molecule has 2 heteroatoms. The lowest BCUT2D eigenvalue weighted by Crippen LogP contribution is -2.39. The van der Waals surface area contributed by atoms with E-state index in [2.05, 4.69) is 19.2 Å². The van der Waals surface area contributed by atoms with Crippen LogP contribution < -0.4 is 11.1 Å². The summed E-state index contributed by atoms with van der Waals surface area (Å²) >= 11 is 0. The molecule has 1 aliphatic rings. The Morgan fingerprint density at radius 2 is 2.00 bits per heavy atom.